The van der Waals surface area contributed by atoms with Gasteiger partial charge in [-0.3, -0.25) is 9.69 Å². The minimum Gasteiger partial charge on any atom is -0.493 e. The lowest BCUT2D eigenvalue weighted by atomic mass is 10.0. The van der Waals surface area contributed by atoms with Gasteiger partial charge >= 0.3 is 0 Å². The van der Waals surface area contributed by atoms with Crippen LogP contribution in [0.2, 0.25) is 0 Å². The molecule has 1 fully saturated rings. The van der Waals surface area contributed by atoms with Crippen molar-refractivity contribution >= 4 is 22.4 Å². The zero-order valence-corrected chi connectivity index (χ0v) is 20.4. The average Bonchev–Trinajstić information content (AvgIpc) is 3.56. The van der Waals surface area contributed by atoms with Gasteiger partial charge in [0.2, 0.25) is 0 Å². The van der Waals surface area contributed by atoms with E-state index >= 15 is 0 Å². The van der Waals surface area contributed by atoms with Gasteiger partial charge in [-0.2, -0.15) is 0 Å². The first-order valence-corrected chi connectivity index (χ1v) is 12.5. The number of likely N-dealkylation sites (tertiary alicyclic amines) is 1. The predicted molar refractivity (Wildman–Crippen MR) is 142 cm³/mol. The number of pyridine rings is 1. The van der Waals surface area contributed by atoms with Gasteiger partial charge in [0.15, 0.2) is 11.5 Å². The van der Waals surface area contributed by atoms with E-state index in [1.54, 1.807) is 12.0 Å². The van der Waals surface area contributed by atoms with Crippen molar-refractivity contribution in [1.82, 2.24) is 9.88 Å². The van der Waals surface area contributed by atoms with Crippen LogP contribution >= 0.6 is 0 Å². The number of hydrogen-bond donors (Lipinski definition) is 0. The van der Waals surface area contributed by atoms with E-state index in [0.29, 0.717) is 30.3 Å². The van der Waals surface area contributed by atoms with Gasteiger partial charge in [0, 0.05) is 29.4 Å². The maximum atomic E-state index is 13.4. The lowest BCUT2D eigenvalue weighted by Crippen LogP contribution is -2.25. The number of anilines is 1. The van der Waals surface area contributed by atoms with Crippen molar-refractivity contribution in [3.8, 4) is 22.8 Å². The summed E-state index contributed by atoms with van der Waals surface area (Å²) in [4.78, 5) is 22.4. The second kappa shape index (κ2) is 9.63. The van der Waals surface area contributed by atoms with Crippen LogP contribution in [0.5, 0.6) is 11.5 Å². The molecule has 0 aliphatic carbocycles. The molecule has 0 atom stereocenters. The second-order valence-electron chi connectivity index (χ2n) is 9.35. The molecule has 6 heteroatoms. The molecule has 0 saturated carbocycles. The van der Waals surface area contributed by atoms with Crippen molar-refractivity contribution in [3.63, 3.8) is 0 Å². The minimum atomic E-state index is -0.100. The lowest BCUT2D eigenvalue weighted by molar-refractivity contribution is 0.0992. The van der Waals surface area contributed by atoms with Crippen LogP contribution in [0, 0.1) is 0 Å². The van der Waals surface area contributed by atoms with Crippen molar-refractivity contribution in [3.05, 3.63) is 84.1 Å². The topological polar surface area (TPSA) is 54.9 Å². The summed E-state index contributed by atoms with van der Waals surface area (Å²) in [6.45, 7) is 4.30. The molecular formula is C30H29N3O3. The summed E-state index contributed by atoms with van der Waals surface area (Å²) in [5.74, 6) is 1.22. The Kier molecular flexibility index (Phi) is 6.03. The van der Waals surface area contributed by atoms with Crippen LogP contribution < -0.4 is 14.4 Å². The Hall–Kier alpha value is -3.90. The van der Waals surface area contributed by atoms with E-state index in [4.69, 9.17) is 14.5 Å². The summed E-state index contributed by atoms with van der Waals surface area (Å²) < 4.78 is 11.6. The normalized spacial score (nSPS) is 15.5. The van der Waals surface area contributed by atoms with Gasteiger partial charge in [0.05, 0.1) is 19.3 Å². The molecule has 0 unspecified atom stereocenters. The first kappa shape index (κ1) is 22.6. The van der Waals surface area contributed by atoms with Crippen LogP contribution in [0.3, 0.4) is 0 Å². The molecule has 0 N–H and O–H groups in total. The SMILES string of the molecule is COc1cc(N2Cc3ccc(-c4cccc5ccccc45)nc3C2=O)ccc1OCCN1CCCC1. The highest BCUT2D eigenvalue weighted by Gasteiger charge is 2.31. The molecule has 6 nitrogen and oxygen atoms in total. The standard InChI is InChI=1S/C30H29N3O3/c1-35-28-19-23(12-14-27(28)36-18-17-32-15-4-5-16-32)33-20-22-11-13-26(31-29(22)30(33)34)25-10-6-8-21-7-2-3-9-24(21)25/h2-3,6-14,19H,4-5,15-18,20H2,1H3. The molecule has 0 spiro atoms. The Balaban J connectivity index is 1.23. The number of ether oxygens (including phenoxy) is 2. The van der Waals surface area contributed by atoms with Crippen LogP contribution in [0.15, 0.2) is 72.8 Å². The first-order valence-electron chi connectivity index (χ1n) is 12.5. The number of hydrogen-bond acceptors (Lipinski definition) is 5. The third-order valence-corrected chi connectivity index (χ3v) is 7.14. The molecule has 1 aromatic heterocycles. The van der Waals surface area contributed by atoms with E-state index in [1.807, 2.05) is 48.5 Å². The van der Waals surface area contributed by atoms with Crippen molar-refractivity contribution in [1.29, 1.82) is 0 Å². The summed E-state index contributed by atoms with van der Waals surface area (Å²) in [7, 11) is 1.63. The maximum Gasteiger partial charge on any atom is 0.277 e. The molecular weight excluding hydrogens is 450 g/mol. The van der Waals surface area contributed by atoms with Gasteiger partial charge in [-0.05, 0) is 54.9 Å². The second-order valence-corrected chi connectivity index (χ2v) is 9.35. The van der Waals surface area contributed by atoms with E-state index in [9.17, 15) is 4.79 Å². The van der Waals surface area contributed by atoms with E-state index in [0.717, 1.165) is 52.9 Å². The molecule has 182 valence electrons. The van der Waals surface area contributed by atoms with Crippen molar-refractivity contribution in [2.24, 2.45) is 0 Å². The van der Waals surface area contributed by atoms with Crippen LogP contribution in [-0.4, -0.2) is 49.1 Å². The fourth-order valence-electron chi connectivity index (χ4n) is 5.21. The largest absolute Gasteiger partial charge is 0.493 e. The maximum absolute atomic E-state index is 13.4. The summed E-state index contributed by atoms with van der Waals surface area (Å²) in [5, 5.41) is 2.28. The van der Waals surface area contributed by atoms with E-state index in [1.165, 1.54) is 12.8 Å². The Morgan fingerprint density at radius 2 is 1.75 bits per heavy atom. The number of fused-ring (bicyclic) bond motifs is 2. The number of benzene rings is 3. The fourth-order valence-corrected chi connectivity index (χ4v) is 5.21. The molecule has 0 bridgehead atoms. The highest BCUT2D eigenvalue weighted by Crippen LogP contribution is 2.36. The molecule has 1 amide bonds. The molecule has 3 heterocycles. The molecule has 2 aliphatic rings. The molecule has 3 aromatic carbocycles. The van der Waals surface area contributed by atoms with Crippen LogP contribution in [0.25, 0.3) is 22.0 Å². The van der Waals surface area contributed by atoms with Gasteiger partial charge in [-0.15, -0.1) is 0 Å². The van der Waals surface area contributed by atoms with Gasteiger partial charge in [-0.25, -0.2) is 4.98 Å². The number of aromatic nitrogens is 1. The number of methoxy groups -OCH3 is 1. The first-order chi connectivity index (χ1) is 17.7. The zero-order chi connectivity index (χ0) is 24.5. The number of amides is 1. The molecule has 4 aromatic rings. The Morgan fingerprint density at radius 3 is 2.61 bits per heavy atom. The summed E-state index contributed by atoms with van der Waals surface area (Å²) >= 11 is 0. The van der Waals surface area contributed by atoms with Gasteiger partial charge in [0.25, 0.3) is 5.91 Å². The predicted octanol–water partition coefficient (Wildman–Crippen LogP) is 5.55. The molecule has 36 heavy (non-hydrogen) atoms. The van der Waals surface area contributed by atoms with Gasteiger partial charge < -0.3 is 14.4 Å². The smallest absolute Gasteiger partial charge is 0.277 e. The highest BCUT2D eigenvalue weighted by molar-refractivity contribution is 6.09. The van der Waals surface area contributed by atoms with Crippen molar-refractivity contribution < 1.29 is 14.3 Å². The third-order valence-electron chi connectivity index (χ3n) is 7.14. The van der Waals surface area contributed by atoms with Crippen LogP contribution in [0.4, 0.5) is 5.69 Å². The monoisotopic (exact) mass is 479 g/mol. The minimum absolute atomic E-state index is 0.100. The Morgan fingerprint density at radius 1 is 0.917 bits per heavy atom. The number of rotatable bonds is 7. The fraction of sp³-hybridized carbons (Fsp3) is 0.267. The third kappa shape index (κ3) is 4.18. The Bertz CT molecular complexity index is 1420. The van der Waals surface area contributed by atoms with Gasteiger partial charge in [-0.1, -0.05) is 48.5 Å². The molecule has 1 saturated heterocycles. The van der Waals surface area contributed by atoms with Gasteiger partial charge in [0.1, 0.15) is 12.3 Å². The quantitative estimate of drug-likeness (QED) is 0.348. The highest BCUT2D eigenvalue weighted by atomic mass is 16.5. The summed E-state index contributed by atoms with van der Waals surface area (Å²) in [6, 6.07) is 24.1. The molecule has 0 radical (unpaired) electrons. The number of nitrogens with zero attached hydrogens (tertiary/aromatic N) is 3. The van der Waals surface area contributed by atoms with E-state index < -0.39 is 0 Å². The van der Waals surface area contributed by atoms with E-state index in [-0.39, 0.29) is 5.91 Å². The Labute approximate surface area is 211 Å². The number of carbonyl (C=O) groups excluding carboxylic acids is 1. The molecule has 2 aliphatic heterocycles. The lowest BCUT2D eigenvalue weighted by Gasteiger charge is -2.19. The summed E-state index contributed by atoms with van der Waals surface area (Å²) in [6.07, 6.45) is 2.53. The average molecular weight is 480 g/mol. The van der Waals surface area contributed by atoms with Crippen LogP contribution in [-0.2, 0) is 6.54 Å². The number of carbonyl (C=O) groups is 1. The van der Waals surface area contributed by atoms with Crippen molar-refractivity contribution in [2.45, 2.75) is 19.4 Å². The zero-order valence-electron chi connectivity index (χ0n) is 20.4. The summed E-state index contributed by atoms with van der Waals surface area (Å²) in [5.41, 5.74) is 4.03. The van der Waals surface area contributed by atoms with E-state index in [2.05, 4.69) is 29.2 Å². The van der Waals surface area contributed by atoms with Crippen molar-refractivity contribution in [2.75, 3.05) is 38.3 Å². The van der Waals surface area contributed by atoms with Crippen LogP contribution in [0.1, 0.15) is 28.9 Å². The molecule has 6 rings (SSSR count).